The molecule has 120 valence electrons. The largest absolute Gasteiger partial charge is 0.334 e. The molecule has 0 bridgehead atoms. The molecular weight excluding hydrogens is 326 g/mol. The van der Waals surface area contributed by atoms with Crippen molar-refractivity contribution in [1.29, 1.82) is 0 Å². The molecule has 0 unspecified atom stereocenters. The van der Waals surface area contributed by atoms with Gasteiger partial charge in [0.25, 0.3) is 5.89 Å². The topological polar surface area (TPSA) is 99.1 Å². The Bertz CT molecular complexity index is 752. The number of hydrogen-bond acceptors (Lipinski definition) is 6. The van der Waals surface area contributed by atoms with E-state index in [1.165, 1.54) is 6.26 Å². The van der Waals surface area contributed by atoms with Crippen molar-refractivity contribution in [2.75, 3.05) is 6.26 Å². The lowest BCUT2D eigenvalue weighted by molar-refractivity contribution is 0.229. The zero-order valence-corrected chi connectivity index (χ0v) is 13.8. The van der Waals surface area contributed by atoms with Gasteiger partial charge in [0.2, 0.25) is 0 Å². The molecule has 0 radical (unpaired) electrons. The Balaban J connectivity index is 0.00000176. The molecule has 0 amide bonds. The second kappa shape index (κ2) is 5.98. The first-order valence-corrected chi connectivity index (χ1v) is 8.82. The van der Waals surface area contributed by atoms with Gasteiger partial charge in [-0.3, -0.25) is 0 Å². The summed E-state index contributed by atoms with van der Waals surface area (Å²) in [5.74, 6) is 0.977. The van der Waals surface area contributed by atoms with Crippen molar-refractivity contribution in [3.8, 4) is 11.5 Å². The molecule has 1 saturated carbocycles. The molecule has 1 aliphatic carbocycles. The van der Waals surface area contributed by atoms with Gasteiger partial charge in [-0.2, -0.15) is 4.98 Å². The van der Waals surface area contributed by atoms with Crippen molar-refractivity contribution in [2.24, 2.45) is 5.73 Å². The monoisotopic (exact) mass is 343 g/mol. The average molecular weight is 344 g/mol. The lowest BCUT2D eigenvalue weighted by Crippen LogP contribution is -2.44. The van der Waals surface area contributed by atoms with Gasteiger partial charge in [-0.05, 0) is 37.0 Å². The molecule has 1 fully saturated rings. The van der Waals surface area contributed by atoms with Crippen LogP contribution in [0.4, 0.5) is 0 Å². The zero-order valence-electron chi connectivity index (χ0n) is 12.2. The summed E-state index contributed by atoms with van der Waals surface area (Å²) in [5, 5.41) is 3.96. The maximum Gasteiger partial charge on any atom is 0.257 e. The van der Waals surface area contributed by atoms with Gasteiger partial charge < -0.3 is 10.3 Å². The van der Waals surface area contributed by atoms with Crippen molar-refractivity contribution in [3.63, 3.8) is 0 Å². The smallest absolute Gasteiger partial charge is 0.257 e. The highest BCUT2D eigenvalue weighted by molar-refractivity contribution is 7.89. The molecule has 0 saturated heterocycles. The van der Waals surface area contributed by atoms with E-state index in [1.807, 2.05) is 0 Å². The second-order valence-corrected chi connectivity index (χ2v) is 7.84. The Morgan fingerprint density at radius 2 is 1.91 bits per heavy atom. The van der Waals surface area contributed by atoms with Crippen molar-refractivity contribution < 1.29 is 12.9 Å². The summed E-state index contributed by atoms with van der Waals surface area (Å²) in [6.07, 6.45) is 4.05. The first-order valence-electron chi connectivity index (χ1n) is 6.76. The number of aromatic nitrogens is 2. The van der Waals surface area contributed by atoms with Gasteiger partial charge in [-0.1, -0.05) is 17.3 Å². The van der Waals surface area contributed by atoms with Crippen LogP contribution in [0.15, 0.2) is 28.8 Å². The van der Waals surface area contributed by atoms with Gasteiger partial charge in [-0.25, -0.2) is 8.42 Å². The fourth-order valence-electron chi connectivity index (χ4n) is 2.37. The van der Waals surface area contributed by atoms with Gasteiger partial charge >= 0.3 is 0 Å². The van der Waals surface area contributed by atoms with Crippen LogP contribution >= 0.6 is 12.4 Å². The maximum atomic E-state index is 11.3. The standard InChI is InChI=1S/C14H17N3O3S.ClH/c1-21(18,19)9-10-3-5-11(6-4-10)12-16-13(17-20-12)14(15)7-2-8-14;/h3-6H,2,7-9,15H2,1H3;1H. The number of hydrogen-bond donors (Lipinski definition) is 1. The molecule has 6 nitrogen and oxygen atoms in total. The van der Waals surface area contributed by atoms with Crippen LogP contribution in [-0.2, 0) is 21.1 Å². The zero-order chi connectivity index (χ0) is 15.1. The third-order valence-electron chi connectivity index (χ3n) is 3.75. The van der Waals surface area contributed by atoms with Crippen LogP contribution in [0.5, 0.6) is 0 Å². The molecule has 1 aromatic heterocycles. The number of sulfone groups is 1. The van der Waals surface area contributed by atoms with E-state index in [2.05, 4.69) is 10.1 Å². The van der Waals surface area contributed by atoms with E-state index in [0.717, 1.165) is 30.4 Å². The third-order valence-corrected chi connectivity index (χ3v) is 4.60. The number of nitrogens with zero attached hydrogens (tertiary/aromatic N) is 2. The summed E-state index contributed by atoms with van der Waals surface area (Å²) in [4.78, 5) is 4.36. The fourth-order valence-corrected chi connectivity index (χ4v) is 3.17. The van der Waals surface area contributed by atoms with E-state index in [1.54, 1.807) is 24.3 Å². The summed E-state index contributed by atoms with van der Waals surface area (Å²) >= 11 is 0. The molecule has 8 heteroatoms. The predicted octanol–water partition coefficient (Wildman–Crippen LogP) is 2.04. The quantitative estimate of drug-likeness (QED) is 0.912. The fraction of sp³-hybridized carbons (Fsp3) is 0.429. The molecular formula is C14H18ClN3O3S. The summed E-state index contributed by atoms with van der Waals surface area (Å²) in [6.45, 7) is 0. The highest BCUT2D eigenvalue weighted by Gasteiger charge is 2.39. The van der Waals surface area contributed by atoms with Crippen LogP contribution in [-0.4, -0.2) is 24.8 Å². The summed E-state index contributed by atoms with van der Waals surface area (Å²) in [5.41, 5.74) is 7.20. The van der Waals surface area contributed by atoms with Gasteiger partial charge in [0.1, 0.15) is 0 Å². The number of nitrogens with two attached hydrogens (primary N) is 1. The summed E-state index contributed by atoms with van der Waals surface area (Å²) in [6, 6.07) is 7.06. The SMILES string of the molecule is CS(=O)(=O)Cc1ccc(-c2nc(C3(N)CCC3)no2)cc1.Cl. The highest BCUT2D eigenvalue weighted by atomic mass is 35.5. The van der Waals surface area contributed by atoms with Gasteiger partial charge in [0.15, 0.2) is 15.7 Å². The van der Waals surface area contributed by atoms with E-state index < -0.39 is 15.4 Å². The van der Waals surface area contributed by atoms with Crippen LogP contribution in [0, 0.1) is 0 Å². The van der Waals surface area contributed by atoms with E-state index in [-0.39, 0.29) is 18.2 Å². The van der Waals surface area contributed by atoms with E-state index in [0.29, 0.717) is 11.7 Å². The van der Waals surface area contributed by atoms with Crippen LogP contribution < -0.4 is 5.73 Å². The Hall–Kier alpha value is -1.44. The van der Waals surface area contributed by atoms with Crippen LogP contribution in [0.3, 0.4) is 0 Å². The van der Waals surface area contributed by atoms with Gasteiger partial charge in [0.05, 0.1) is 11.3 Å². The van der Waals surface area contributed by atoms with Gasteiger partial charge in [0, 0.05) is 11.8 Å². The van der Waals surface area contributed by atoms with Crippen molar-refractivity contribution in [2.45, 2.75) is 30.6 Å². The molecule has 1 aromatic carbocycles. The van der Waals surface area contributed by atoms with Crippen molar-refractivity contribution in [3.05, 3.63) is 35.7 Å². The first kappa shape index (κ1) is 16.9. The predicted molar refractivity (Wildman–Crippen MR) is 85.2 cm³/mol. The van der Waals surface area contributed by atoms with E-state index >= 15 is 0 Å². The molecule has 2 aromatic rings. The summed E-state index contributed by atoms with van der Waals surface area (Å²) < 4.78 is 27.8. The minimum Gasteiger partial charge on any atom is -0.334 e. The van der Waals surface area contributed by atoms with E-state index in [9.17, 15) is 8.42 Å². The van der Waals surface area contributed by atoms with E-state index in [4.69, 9.17) is 10.3 Å². The van der Waals surface area contributed by atoms with Gasteiger partial charge in [-0.15, -0.1) is 12.4 Å². The normalized spacial score (nSPS) is 16.6. The molecule has 0 aliphatic heterocycles. The first-order chi connectivity index (χ1) is 9.86. The lowest BCUT2D eigenvalue weighted by Gasteiger charge is -2.34. The Kier molecular flexibility index (Phi) is 4.60. The summed E-state index contributed by atoms with van der Waals surface area (Å²) in [7, 11) is -3.03. The molecule has 1 heterocycles. The van der Waals surface area contributed by atoms with Crippen molar-refractivity contribution >= 4 is 22.2 Å². The Labute approximate surface area is 135 Å². The molecule has 1 aliphatic rings. The maximum absolute atomic E-state index is 11.3. The molecule has 22 heavy (non-hydrogen) atoms. The minimum absolute atomic E-state index is 0. The Morgan fingerprint density at radius 3 is 2.41 bits per heavy atom. The van der Waals surface area contributed by atoms with Crippen molar-refractivity contribution in [1.82, 2.24) is 10.1 Å². The minimum atomic E-state index is -3.03. The Morgan fingerprint density at radius 1 is 1.27 bits per heavy atom. The molecule has 0 atom stereocenters. The van der Waals surface area contributed by atoms with Crippen LogP contribution in [0.25, 0.3) is 11.5 Å². The number of benzene rings is 1. The van der Waals surface area contributed by atoms with Crippen LogP contribution in [0.1, 0.15) is 30.7 Å². The second-order valence-electron chi connectivity index (χ2n) is 5.70. The average Bonchev–Trinajstić information content (AvgIpc) is 2.85. The third kappa shape index (κ3) is 3.48. The van der Waals surface area contributed by atoms with Crippen LogP contribution in [0.2, 0.25) is 0 Å². The molecule has 0 spiro atoms. The lowest BCUT2D eigenvalue weighted by atomic mass is 9.77. The number of halogens is 1. The number of rotatable bonds is 4. The molecule has 3 rings (SSSR count). The highest BCUT2D eigenvalue weighted by Crippen LogP contribution is 2.37. The molecule has 2 N–H and O–H groups in total.